The Hall–Kier alpha value is -0.930. The zero-order valence-electron chi connectivity index (χ0n) is 6.67. The second-order valence-corrected chi connectivity index (χ2v) is 3.45. The molecule has 0 spiro atoms. The van der Waals surface area contributed by atoms with Crippen LogP contribution in [0.1, 0.15) is 0 Å². The van der Waals surface area contributed by atoms with Crippen LogP contribution in [0.15, 0.2) is 23.2 Å². The maximum Gasteiger partial charge on any atom is 0.131 e. The van der Waals surface area contributed by atoms with Crippen molar-refractivity contribution >= 4 is 35.2 Å². The van der Waals surface area contributed by atoms with Gasteiger partial charge in [0.2, 0.25) is 0 Å². The van der Waals surface area contributed by atoms with E-state index >= 15 is 0 Å². The monoisotopic (exact) mass is 215 g/mol. The van der Waals surface area contributed by atoms with E-state index < -0.39 is 0 Å². The van der Waals surface area contributed by atoms with Gasteiger partial charge in [-0.3, -0.25) is 15.4 Å². The van der Waals surface area contributed by atoms with E-state index in [9.17, 15) is 0 Å². The lowest BCUT2D eigenvalue weighted by atomic mass is 10.3. The van der Waals surface area contributed by atoms with Crippen molar-refractivity contribution in [3.8, 4) is 0 Å². The van der Waals surface area contributed by atoms with Crippen molar-refractivity contribution < 1.29 is 0 Å². The first kappa shape index (κ1) is 8.66. The van der Waals surface area contributed by atoms with E-state index in [0.717, 1.165) is 5.69 Å². The molecule has 0 fully saturated rings. The Labute approximate surface area is 85.9 Å². The number of nitrogens with zero attached hydrogens (tertiary/aromatic N) is 2. The number of halogens is 2. The number of anilines is 1. The van der Waals surface area contributed by atoms with E-state index in [-0.39, 0.29) is 0 Å². The van der Waals surface area contributed by atoms with E-state index in [0.29, 0.717) is 16.7 Å². The van der Waals surface area contributed by atoms with Crippen LogP contribution >= 0.6 is 23.2 Å². The summed E-state index contributed by atoms with van der Waals surface area (Å²) in [6.07, 6.45) is 1.63. The zero-order chi connectivity index (χ0) is 9.26. The van der Waals surface area contributed by atoms with Gasteiger partial charge in [-0.1, -0.05) is 23.2 Å². The highest BCUT2D eigenvalue weighted by Crippen LogP contribution is 2.28. The lowest BCUT2D eigenvalue weighted by Crippen LogP contribution is -2.31. The summed E-state index contributed by atoms with van der Waals surface area (Å²) in [4.78, 5) is 4.00. The fourth-order valence-corrected chi connectivity index (χ4v) is 1.63. The van der Waals surface area contributed by atoms with Gasteiger partial charge in [-0.05, 0) is 18.2 Å². The van der Waals surface area contributed by atoms with Crippen LogP contribution in [0, 0.1) is 0 Å². The quantitative estimate of drug-likeness (QED) is 0.779. The summed E-state index contributed by atoms with van der Waals surface area (Å²) in [6.45, 7) is 0.571. The molecule has 0 aromatic heterocycles. The molecular weight excluding hydrogens is 209 g/mol. The predicted octanol–water partition coefficient (Wildman–Crippen LogP) is 2.30. The number of hydrogen-bond donors (Lipinski definition) is 1. The van der Waals surface area contributed by atoms with Gasteiger partial charge in [0, 0.05) is 5.02 Å². The molecule has 0 unspecified atom stereocenters. The first-order valence-corrected chi connectivity index (χ1v) is 4.50. The minimum absolute atomic E-state index is 0.571. The van der Waals surface area contributed by atoms with Crippen molar-refractivity contribution in [2.75, 3.05) is 11.7 Å². The Balaban J connectivity index is 2.30. The van der Waals surface area contributed by atoms with Crippen molar-refractivity contribution in [1.29, 1.82) is 0 Å². The molecular formula is C8H7Cl2N3. The van der Waals surface area contributed by atoms with Gasteiger partial charge in [-0.15, -0.1) is 0 Å². The van der Waals surface area contributed by atoms with E-state index in [4.69, 9.17) is 23.2 Å². The molecule has 1 aliphatic rings. The number of hydrogen-bond acceptors (Lipinski definition) is 3. The Kier molecular flexibility index (Phi) is 2.29. The van der Waals surface area contributed by atoms with Crippen molar-refractivity contribution in [2.45, 2.75) is 0 Å². The van der Waals surface area contributed by atoms with Gasteiger partial charge in [-0.2, -0.15) is 0 Å². The molecule has 5 heteroatoms. The maximum atomic E-state index is 5.99. The highest BCUT2D eigenvalue weighted by molar-refractivity contribution is 6.36. The van der Waals surface area contributed by atoms with Crippen molar-refractivity contribution in [1.82, 2.24) is 5.43 Å². The Morgan fingerprint density at radius 1 is 1.38 bits per heavy atom. The molecule has 1 aliphatic heterocycles. The summed E-state index contributed by atoms with van der Waals surface area (Å²) < 4.78 is 0. The standard InChI is InChI=1S/C8H7Cl2N3/c9-6-1-2-8(7(10)3-6)13-5-11-4-12-13/h1-4H,5H2,(H,11,12). The second-order valence-electron chi connectivity index (χ2n) is 2.61. The van der Waals surface area contributed by atoms with Crippen LogP contribution in [0.2, 0.25) is 10.0 Å². The summed E-state index contributed by atoms with van der Waals surface area (Å²) in [5.41, 5.74) is 3.83. The van der Waals surface area contributed by atoms with Gasteiger partial charge in [0.1, 0.15) is 13.0 Å². The third-order valence-electron chi connectivity index (χ3n) is 1.73. The molecule has 1 heterocycles. The highest BCUT2D eigenvalue weighted by atomic mass is 35.5. The lowest BCUT2D eigenvalue weighted by molar-refractivity contribution is 0.845. The molecule has 0 bridgehead atoms. The number of benzene rings is 1. The Bertz CT molecular complexity index is 343. The molecule has 2 rings (SSSR count). The summed E-state index contributed by atoms with van der Waals surface area (Å²) in [5.74, 6) is 0. The van der Waals surface area contributed by atoms with Crippen LogP contribution in [0.5, 0.6) is 0 Å². The average molecular weight is 216 g/mol. The van der Waals surface area contributed by atoms with E-state index in [1.54, 1.807) is 18.5 Å². The number of rotatable bonds is 1. The van der Waals surface area contributed by atoms with Crippen LogP contribution in [0.25, 0.3) is 0 Å². The van der Waals surface area contributed by atoms with Gasteiger partial charge in [0.05, 0.1) is 10.7 Å². The molecule has 0 saturated carbocycles. The molecule has 68 valence electrons. The first-order chi connectivity index (χ1) is 6.27. The fraction of sp³-hybridized carbons (Fsp3) is 0.125. The van der Waals surface area contributed by atoms with Crippen LogP contribution in [0.3, 0.4) is 0 Å². The zero-order valence-corrected chi connectivity index (χ0v) is 8.18. The van der Waals surface area contributed by atoms with Gasteiger partial charge in [-0.25, -0.2) is 0 Å². The van der Waals surface area contributed by atoms with Gasteiger partial charge < -0.3 is 0 Å². The average Bonchev–Trinajstić information content (AvgIpc) is 2.56. The van der Waals surface area contributed by atoms with Crippen LogP contribution in [-0.4, -0.2) is 13.0 Å². The molecule has 0 radical (unpaired) electrons. The van der Waals surface area contributed by atoms with E-state index in [1.807, 2.05) is 11.1 Å². The number of hydrazine groups is 1. The van der Waals surface area contributed by atoms with Crippen LogP contribution in [0.4, 0.5) is 5.69 Å². The largest absolute Gasteiger partial charge is 0.286 e. The maximum absolute atomic E-state index is 5.99. The summed E-state index contributed by atoms with van der Waals surface area (Å²) >= 11 is 11.8. The Morgan fingerprint density at radius 3 is 2.85 bits per heavy atom. The molecule has 1 aromatic carbocycles. The predicted molar refractivity (Wildman–Crippen MR) is 55.4 cm³/mol. The fourth-order valence-electron chi connectivity index (χ4n) is 1.12. The lowest BCUT2D eigenvalue weighted by Gasteiger charge is -2.17. The van der Waals surface area contributed by atoms with Crippen molar-refractivity contribution in [2.24, 2.45) is 4.99 Å². The Morgan fingerprint density at radius 2 is 2.23 bits per heavy atom. The third kappa shape index (κ3) is 1.71. The molecule has 1 aromatic rings. The summed E-state index contributed by atoms with van der Waals surface area (Å²) in [5, 5.41) is 3.08. The number of aliphatic imine (C=N–C) groups is 1. The van der Waals surface area contributed by atoms with Crippen LogP contribution < -0.4 is 10.4 Å². The minimum atomic E-state index is 0.571. The smallest absolute Gasteiger partial charge is 0.131 e. The molecule has 0 amide bonds. The van der Waals surface area contributed by atoms with E-state index in [1.165, 1.54) is 0 Å². The molecule has 3 nitrogen and oxygen atoms in total. The highest BCUT2D eigenvalue weighted by Gasteiger charge is 2.11. The first-order valence-electron chi connectivity index (χ1n) is 3.74. The summed E-state index contributed by atoms with van der Waals surface area (Å²) in [7, 11) is 0. The van der Waals surface area contributed by atoms with Crippen molar-refractivity contribution in [3.63, 3.8) is 0 Å². The van der Waals surface area contributed by atoms with Gasteiger partial charge >= 0.3 is 0 Å². The minimum Gasteiger partial charge on any atom is -0.286 e. The van der Waals surface area contributed by atoms with Gasteiger partial charge in [0.25, 0.3) is 0 Å². The van der Waals surface area contributed by atoms with Gasteiger partial charge in [0.15, 0.2) is 0 Å². The molecule has 0 aliphatic carbocycles. The third-order valence-corrected chi connectivity index (χ3v) is 2.27. The molecule has 13 heavy (non-hydrogen) atoms. The normalized spacial score (nSPS) is 14.8. The van der Waals surface area contributed by atoms with Crippen LogP contribution in [-0.2, 0) is 0 Å². The molecule has 0 saturated heterocycles. The SMILES string of the molecule is Clc1ccc(N2CN=CN2)c(Cl)c1. The topological polar surface area (TPSA) is 27.6 Å². The number of nitrogens with one attached hydrogen (secondary N) is 1. The summed E-state index contributed by atoms with van der Waals surface area (Å²) in [6, 6.07) is 5.35. The molecule has 1 N–H and O–H groups in total. The second kappa shape index (κ2) is 3.44. The molecule has 0 atom stereocenters. The van der Waals surface area contributed by atoms with Crippen molar-refractivity contribution in [3.05, 3.63) is 28.2 Å². The van der Waals surface area contributed by atoms with E-state index in [2.05, 4.69) is 10.4 Å².